The van der Waals surface area contributed by atoms with Crippen LogP contribution in [0.5, 0.6) is 11.5 Å². The predicted molar refractivity (Wildman–Crippen MR) is 109 cm³/mol. The molecule has 0 bridgehead atoms. The Bertz CT molecular complexity index is 1180. The van der Waals surface area contributed by atoms with Crippen LogP contribution >= 0.6 is 0 Å². The van der Waals surface area contributed by atoms with Gasteiger partial charge in [0, 0.05) is 26.5 Å². The van der Waals surface area contributed by atoms with Gasteiger partial charge in [0.15, 0.2) is 11.5 Å². The second-order valence-electron chi connectivity index (χ2n) is 6.44. The van der Waals surface area contributed by atoms with E-state index in [1.165, 1.54) is 50.8 Å². The molecule has 1 aromatic carbocycles. The molecule has 0 saturated heterocycles. The van der Waals surface area contributed by atoms with E-state index in [0.29, 0.717) is 0 Å². The number of aromatic hydroxyl groups is 2. The molecule has 0 unspecified atom stereocenters. The molecule has 10 heteroatoms. The average Bonchev–Trinajstić information content (AvgIpc) is 2.71. The molecule has 0 radical (unpaired) electrons. The summed E-state index contributed by atoms with van der Waals surface area (Å²) in [4.78, 5) is 48.7. The molecule has 0 aliphatic rings. The summed E-state index contributed by atoms with van der Waals surface area (Å²) in [5.41, 5.74) is -1.57. The standard InChI is InChI=1S/C20H18N4O6/c1-23-9-7-11(15(25)19(23)29)17(27)21-13-5-3-4-6-14(13)22-18(28)12-8-10-24(2)20(30)16(12)26/h3-10,25-26H,1-2H3,(H,21,27)(H,22,28). The van der Waals surface area contributed by atoms with Crippen LogP contribution in [0.3, 0.4) is 0 Å². The summed E-state index contributed by atoms with van der Waals surface area (Å²) in [6.45, 7) is 0. The highest BCUT2D eigenvalue weighted by Crippen LogP contribution is 2.24. The summed E-state index contributed by atoms with van der Waals surface area (Å²) in [5.74, 6) is -2.93. The lowest BCUT2D eigenvalue weighted by Crippen LogP contribution is -2.23. The summed E-state index contributed by atoms with van der Waals surface area (Å²) in [6, 6.07) is 8.76. The maximum absolute atomic E-state index is 12.5. The third kappa shape index (κ3) is 3.78. The molecule has 154 valence electrons. The van der Waals surface area contributed by atoms with E-state index < -0.39 is 34.4 Å². The Morgan fingerprint density at radius 1 is 0.733 bits per heavy atom. The Hall–Kier alpha value is -4.34. The number of hydrogen-bond acceptors (Lipinski definition) is 6. The Labute approximate surface area is 169 Å². The minimum Gasteiger partial charge on any atom is -0.502 e. The van der Waals surface area contributed by atoms with E-state index in [0.717, 1.165) is 9.13 Å². The third-order valence-electron chi connectivity index (χ3n) is 4.40. The van der Waals surface area contributed by atoms with E-state index >= 15 is 0 Å². The van der Waals surface area contributed by atoms with Gasteiger partial charge in [0.1, 0.15) is 0 Å². The molecule has 3 aromatic rings. The number of para-hydroxylation sites is 2. The molecular formula is C20H18N4O6. The van der Waals surface area contributed by atoms with Gasteiger partial charge in [-0.05, 0) is 24.3 Å². The highest BCUT2D eigenvalue weighted by molar-refractivity contribution is 6.11. The van der Waals surface area contributed by atoms with Gasteiger partial charge in [0.25, 0.3) is 22.9 Å². The fraction of sp³-hybridized carbons (Fsp3) is 0.100. The van der Waals surface area contributed by atoms with Gasteiger partial charge in [-0.2, -0.15) is 0 Å². The van der Waals surface area contributed by atoms with Crippen molar-refractivity contribution < 1.29 is 19.8 Å². The zero-order chi connectivity index (χ0) is 22.0. The summed E-state index contributed by atoms with van der Waals surface area (Å²) >= 11 is 0. The molecule has 4 N–H and O–H groups in total. The number of carbonyl (C=O) groups is 2. The molecule has 0 spiro atoms. The number of anilines is 2. The van der Waals surface area contributed by atoms with Crippen LogP contribution in [-0.4, -0.2) is 31.2 Å². The summed E-state index contributed by atoms with van der Waals surface area (Å²) in [7, 11) is 2.86. The number of nitrogens with one attached hydrogen (secondary N) is 2. The Balaban J connectivity index is 1.88. The first-order chi connectivity index (χ1) is 14.2. The van der Waals surface area contributed by atoms with Crippen molar-refractivity contribution in [2.24, 2.45) is 14.1 Å². The van der Waals surface area contributed by atoms with Crippen molar-refractivity contribution in [1.29, 1.82) is 0 Å². The van der Waals surface area contributed by atoms with Crippen molar-refractivity contribution in [3.8, 4) is 11.5 Å². The van der Waals surface area contributed by atoms with Gasteiger partial charge >= 0.3 is 0 Å². The molecule has 2 aromatic heterocycles. The van der Waals surface area contributed by atoms with Gasteiger partial charge in [-0.3, -0.25) is 19.2 Å². The second-order valence-corrected chi connectivity index (χ2v) is 6.44. The van der Waals surface area contributed by atoms with Gasteiger partial charge in [-0.15, -0.1) is 0 Å². The number of hydrogen-bond donors (Lipinski definition) is 4. The van der Waals surface area contributed by atoms with Crippen molar-refractivity contribution in [3.05, 3.63) is 80.6 Å². The number of benzene rings is 1. The van der Waals surface area contributed by atoms with Crippen LogP contribution in [0.1, 0.15) is 20.7 Å². The van der Waals surface area contributed by atoms with Crippen LogP contribution in [0, 0.1) is 0 Å². The molecule has 2 heterocycles. The molecule has 0 aliphatic heterocycles. The monoisotopic (exact) mass is 410 g/mol. The van der Waals surface area contributed by atoms with E-state index in [-0.39, 0.29) is 22.5 Å². The van der Waals surface area contributed by atoms with E-state index in [4.69, 9.17) is 0 Å². The van der Waals surface area contributed by atoms with Gasteiger partial charge in [-0.25, -0.2) is 0 Å². The van der Waals surface area contributed by atoms with Crippen molar-refractivity contribution in [1.82, 2.24) is 9.13 Å². The Morgan fingerprint density at radius 3 is 1.47 bits per heavy atom. The number of pyridine rings is 2. The minimum atomic E-state index is -0.761. The van der Waals surface area contributed by atoms with Gasteiger partial charge in [-0.1, -0.05) is 12.1 Å². The van der Waals surface area contributed by atoms with Crippen molar-refractivity contribution in [3.63, 3.8) is 0 Å². The second kappa shape index (κ2) is 7.95. The Morgan fingerprint density at radius 2 is 1.10 bits per heavy atom. The lowest BCUT2D eigenvalue weighted by atomic mass is 10.2. The summed E-state index contributed by atoms with van der Waals surface area (Å²) in [5, 5.41) is 24.9. The van der Waals surface area contributed by atoms with Crippen LogP contribution in [0.4, 0.5) is 11.4 Å². The molecule has 0 atom stereocenters. The highest BCUT2D eigenvalue weighted by Gasteiger charge is 2.19. The molecule has 3 rings (SSSR count). The first kappa shape index (κ1) is 20.4. The van der Waals surface area contributed by atoms with Crippen molar-refractivity contribution >= 4 is 23.2 Å². The maximum Gasteiger partial charge on any atom is 0.293 e. The number of carbonyl (C=O) groups excluding carboxylic acids is 2. The summed E-state index contributed by atoms with van der Waals surface area (Å²) in [6.07, 6.45) is 2.67. The fourth-order valence-electron chi connectivity index (χ4n) is 2.68. The van der Waals surface area contributed by atoms with Crippen LogP contribution in [0.25, 0.3) is 0 Å². The van der Waals surface area contributed by atoms with Gasteiger partial charge in [0.2, 0.25) is 0 Å². The smallest absolute Gasteiger partial charge is 0.293 e. The zero-order valence-corrected chi connectivity index (χ0v) is 16.0. The number of nitrogens with zero attached hydrogens (tertiary/aromatic N) is 2. The van der Waals surface area contributed by atoms with Crippen molar-refractivity contribution in [2.45, 2.75) is 0 Å². The maximum atomic E-state index is 12.5. The molecule has 10 nitrogen and oxygen atoms in total. The summed E-state index contributed by atoms with van der Waals surface area (Å²) < 4.78 is 2.24. The molecule has 0 fully saturated rings. The van der Waals surface area contributed by atoms with E-state index in [1.807, 2.05) is 0 Å². The van der Waals surface area contributed by atoms with E-state index in [2.05, 4.69) is 10.6 Å². The third-order valence-corrected chi connectivity index (χ3v) is 4.40. The van der Waals surface area contributed by atoms with Crippen LogP contribution in [-0.2, 0) is 14.1 Å². The van der Waals surface area contributed by atoms with Crippen molar-refractivity contribution in [2.75, 3.05) is 10.6 Å². The van der Waals surface area contributed by atoms with Gasteiger partial charge in [0.05, 0.1) is 22.5 Å². The lowest BCUT2D eigenvalue weighted by Gasteiger charge is -2.13. The largest absolute Gasteiger partial charge is 0.502 e. The van der Waals surface area contributed by atoms with Crippen LogP contribution < -0.4 is 21.8 Å². The molecule has 2 amide bonds. The molecule has 0 saturated carbocycles. The lowest BCUT2D eigenvalue weighted by molar-refractivity contribution is 0.101. The normalized spacial score (nSPS) is 10.5. The number of rotatable bonds is 4. The first-order valence-corrected chi connectivity index (χ1v) is 8.69. The Kier molecular flexibility index (Phi) is 5.41. The average molecular weight is 410 g/mol. The van der Waals surface area contributed by atoms with Gasteiger partial charge < -0.3 is 30.0 Å². The number of aromatic nitrogens is 2. The molecule has 0 aliphatic carbocycles. The first-order valence-electron chi connectivity index (χ1n) is 8.69. The van der Waals surface area contributed by atoms with Crippen LogP contribution in [0.2, 0.25) is 0 Å². The van der Waals surface area contributed by atoms with E-state index in [1.54, 1.807) is 12.1 Å². The molecule has 30 heavy (non-hydrogen) atoms. The predicted octanol–water partition coefficient (Wildman–Crippen LogP) is 1.000. The fourth-order valence-corrected chi connectivity index (χ4v) is 2.68. The molecular weight excluding hydrogens is 392 g/mol. The minimum absolute atomic E-state index is 0.180. The quantitative estimate of drug-likeness (QED) is 0.505. The van der Waals surface area contributed by atoms with Crippen LogP contribution in [0.15, 0.2) is 58.4 Å². The van der Waals surface area contributed by atoms with E-state index in [9.17, 15) is 29.4 Å². The zero-order valence-electron chi connectivity index (χ0n) is 16.0. The topological polar surface area (TPSA) is 143 Å². The number of aryl methyl sites for hydroxylation is 2. The number of amides is 2. The SMILES string of the molecule is Cn1ccc(C(=O)Nc2ccccc2NC(=O)c2ccn(C)c(=O)c2O)c(O)c1=O. The highest BCUT2D eigenvalue weighted by atomic mass is 16.3.